The molecule has 0 aromatic carbocycles. The molecule has 2 heterocycles. The first-order valence-electron chi connectivity index (χ1n) is 4.02. The Hall–Kier alpha value is -1.72. The van der Waals surface area contributed by atoms with Gasteiger partial charge in [0.15, 0.2) is 5.82 Å². The second-order valence-electron chi connectivity index (χ2n) is 3.02. The lowest BCUT2D eigenvalue weighted by molar-refractivity contribution is 0.0442. The molecule has 0 aliphatic carbocycles. The van der Waals surface area contributed by atoms with E-state index >= 15 is 0 Å². The highest BCUT2D eigenvalue weighted by Gasteiger charge is 2.09. The second-order valence-corrected chi connectivity index (χ2v) is 3.02. The van der Waals surface area contributed by atoms with Crippen molar-refractivity contribution >= 4 is 11.5 Å². The highest BCUT2D eigenvalue weighted by atomic mass is 16.7. The van der Waals surface area contributed by atoms with Gasteiger partial charge in [-0.1, -0.05) is 4.85 Å². The van der Waals surface area contributed by atoms with Crippen LogP contribution in [0.5, 0.6) is 0 Å². The third-order valence-electron chi connectivity index (χ3n) is 1.57. The van der Waals surface area contributed by atoms with Gasteiger partial charge in [0.05, 0.1) is 0 Å². The molecule has 0 amide bonds. The molecule has 0 aliphatic rings. The summed E-state index contributed by atoms with van der Waals surface area (Å²) in [6.07, 6.45) is 3.25. The molecule has 0 saturated heterocycles. The van der Waals surface area contributed by atoms with Crippen LogP contribution in [0.2, 0.25) is 0 Å². The van der Waals surface area contributed by atoms with Gasteiger partial charge in [0.25, 0.3) is 0 Å². The zero-order valence-electron chi connectivity index (χ0n) is 7.51. The minimum Gasteiger partial charge on any atom is -0.392 e. The average Bonchev–Trinajstić information content (AvgIpc) is 2.56. The van der Waals surface area contributed by atoms with Gasteiger partial charge in [0.1, 0.15) is 18.8 Å². The molecule has 0 aliphatic heterocycles. The maximum absolute atomic E-state index is 5.62. The maximum atomic E-state index is 5.62. The Balaban J connectivity index is 2.49. The largest absolute Gasteiger partial charge is 0.392 e. The number of fused-ring (bicyclic) bond motifs is 1. The van der Waals surface area contributed by atoms with Crippen molar-refractivity contribution in [2.24, 2.45) is 0 Å². The lowest BCUT2D eigenvalue weighted by Crippen LogP contribution is -2.20. The monoisotopic (exact) mass is 181 g/mol. The van der Waals surface area contributed by atoms with Crippen LogP contribution < -0.4 is 10.6 Å². The highest BCUT2D eigenvalue weighted by molar-refractivity contribution is 5.59. The van der Waals surface area contributed by atoms with Gasteiger partial charge in [-0.2, -0.15) is 0 Å². The van der Waals surface area contributed by atoms with Crippen molar-refractivity contribution in [3.05, 3.63) is 12.7 Å². The molecule has 0 atom stereocenters. The number of nitrogens with zero attached hydrogens (tertiary/aromatic N) is 4. The quantitative estimate of drug-likeness (QED) is 0.705. The standard InChI is InChI=1S/C7H11N5O/c1-5(2)13-12-7-6(8)9-3-11(7)4-10-12/h3-5H,8H2,1-2H3. The van der Waals surface area contributed by atoms with Crippen LogP contribution in [0.15, 0.2) is 12.7 Å². The Morgan fingerprint density at radius 2 is 2.23 bits per heavy atom. The molecule has 0 fully saturated rings. The van der Waals surface area contributed by atoms with Crippen LogP contribution in [0.25, 0.3) is 5.65 Å². The Morgan fingerprint density at radius 1 is 1.46 bits per heavy atom. The van der Waals surface area contributed by atoms with Gasteiger partial charge in [-0.05, 0) is 13.8 Å². The van der Waals surface area contributed by atoms with Crippen molar-refractivity contribution in [2.45, 2.75) is 20.0 Å². The molecule has 0 bridgehead atoms. The third kappa shape index (κ3) is 1.20. The van der Waals surface area contributed by atoms with Crippen LogP contribution in [0.3, 0.4) is 0 Å². The summed E-state index contributed by atoms with van der Waals surface area (Å²) in [5.41, 5.74) is 6.29. The van der Waals surface area contributed by atoms with Crippen LogP contribution in [-0.2, 0) is 0 Å². The predicted octanol–water partition coefficient (Wildman–Crippen LogP) is -0.0500. The van der Waals surface area contributed by atoms with Gasteiger partial charge in [0.2, 0.25) is 5.65 Å². The Morgan fingerprint density at radius 3 is 2.92 bits per heavy atom. The molecule has 6 heteroatoms. The smallest absolute Gasteiger partial charge is 0.219 e. The van der Waals surface area contributed by atoms with Gasteiger partial charge in [-0.3, -0.25) is 4.40 Å². The molecular weight excluding hydrogens is 170 g/mol. The highest BCUT2D eigenvalue weighted by Crippen LogP contribution is 2.09. The molecule has 0 radical (unpaired) electrons. The van der Waals surface area contributed by atoms with Crippen LogP contribution in [0, 0.1) is 0 Å². The fourth-order valence-electron chi connectivity index (χ4n) is 1.08. The summed E-state index contributed by atoms with van der Waals surface area (Å²) in [6.45, 7) is 3.84. The molecule has 70 valence electrons. The minimum atomic E-state index is 0.0537. The summed E-state index contributed by atoms with van der Waals surface area (Å²) in [6, 6.07) is 0. The van der Waals surface area contributed by atoms with Crippen LogP contribution in [-0.4, -0.2) is 25.4 Å². The summed E-state index contributed by atoms with van der Waals surface area (Å²) in [5.74, 6) is 0.415. The number of nitrogens with two attached hydrogens (primary N) is 1. The van der Waals surface area contributed by atoms with Crippen molar-refractivity contribution in [3.8, 4) is 0 Å². The lowest BCUT2D eigenvalue weighted by atomic mass is 10.5. The van der Waals surface area contributed by atoms with Crippen molar-refractivity contribution in [1.82, 2.24) is 19.3 Å². The van der Waals surface area contributed by atoms with Crippen LogP contribution >= 0.6 is 0 Å². The fraction of sp³-hybridized carbons (Fsp3) is 0.429. The van der Waals surface area contributed by atoms with E-state index in [2.05, 4.69) is 10.1 Å². The van der Waals surface area contributed by atoms with Gasteiger partial charge >= 0.3 is 0 Å². The van der Waals surface area contributed by atoms with Crippen LogP contribution in [0.4, 0.5) is 5.82 Å². The van der Waals surface area contributed by atoms with Crippen molar-refractivity contribution in [1.29, 1.82) is 0 Å². The number of hydrogen-bond donors (Lipinski definition) is 1. The molecule has 0 saturated carbocycles. The molecule has 2 aromatic rings. The van der Waals surface area contributed by atoms with E-state index in [1.165, 1.54) is 4.85 Å². The number of nitrogen functional groups attached to an aromatic ring is 1. The van der Waals surface area contributed by atoms with Gasteiger partial charge in [-0.25, -0.2) is 4.98 Å². The van der Waals surface area contributed by atoms with E-state index in [0.29, 0.717) is 11.5 Å². The van der Waals surface area contributed by atoms with E-state index in [4.69, 9.17) is 10.6 Å². The third-order valence-corrected chi connectivity index (χ3v) is 1.57. The van der Waals surface area contributed by atoms with Crippen molar-refractivity contribution < 1.29 is 4.84 Å². The molecule has 0 unspecified atom stereocenters. The number of hydrogen-bond acceptors (Lipinski definition) is 4. The fourth-order valence-corrected chi connectivity index (χ4v) is 1.08. The van der Waals surface area contributed by atoms with E-state index in [9.17, 15) is 0 Å². The maximum Gasteiger partial charge on any atom is 0.219 e. The predicted molar refractivity (Wildman–Crippen MR) is 47.1 cm³/mol. The molecular formula is C7H11N5O. The molecule has 2 rings (SSSR count). The van der Waals surface area contributed by atoms with Gasteiger partial charge in [-0.15, -0.1) is 5.10 Å². The minimum absolute atomic E-state index is 0.0537. The van der Waals surface area contributed by atoms with E-state index in [1.54, 1.807) is 17.1 Å². The van der Waals surface area contributed by atoms with Crippen molar-refractivity contribution in [3.63, 3.8) is 0 Å². The number of aromatic nitrogens is 4. The van der Waals surface area contributed by atoms with E-state index in [1.807, 2.05) is 13.8 Å². The summed E-state index contributed by atoms with van der Waals surface area (Å²) in [4.78, 5) is 10.7. The first-order chi connectivity index (χ1) is 6.18. The first-order valence-corrected chi connectivity index (χ1v) is 4.02. The zero-order valence-corrected chi connectivity index (χ0v) is 7.51. The zero-order chi connectivity index (χ0) is 9.42. The molecule has 6 nitrogen and oxygen atoms in total. The summed E-state index contributed by atoms with van der Waals surface area (Å²) in [7, 11) is 0. The average molecular weight is 181 g/mol. The van der Waals surface area contributed by atoms with Gasteiger partial charge in [0, 0.05) is 0 Å². The Kier molecular flexibility index (Phi) is 1.61. The number of imidazole rings is 1. The molecule has 2 N–H and O–H groups in total. The molecule has 13 heavy (non-hydrogen) atoms. The molecule has 2 aromatic heterocycles. The second kappa shape index (κ2) is 2.65. The normalized spacial score (nSPS) is 11.3. The summed E-state index contributed by atoms with van der Waals surface area (Å²) in [5, 5.41) is 3.99. The van der Waals surface area contributed by atoms with E-state index < -0.39 is 0 Å². The topological polar surface area (TPSA) is 70.4 Å². The summed E-state index contributed by atoms with van der Waals surface area (Å²) >= 11 is 0. The van der Waals surface area contributed by atoms with E-state index in [0.717, 1.165) is 0 Å². The molecule has 0 spiro atoms. The van der Waals surface area contributed by atoms with E-state index in [-0.39, 0.29) is 6.10 Å². The lowest BCUT2D eigenvalue weighted by Gasteiger charge is -2.07. The SMILES string of the molecule is CC(C)On1ncn2cnc(N)c12. The number of rotatable bonds is 2. The number of anilines is 1. The Bertz CT molecular complexity index is 415. The Labute approximate surface area is 74.9 Å². The van der Waals surface area contributed by atoms with Gasteiger partial charge < -0.3 is 10.6 Å². The van der Waals surface area contributed by atoms with Crippen LogP contribution in [0.1, 0.15) is 13.8 Å². The summed E-state index contributed by atoms with van der Waals surface area (Å²) < 4.78 is 1.71. The first kappa shape index (κ1) is 7.90. The van der Waals surface area contributed by atoms with Crippen molar-refractivity contribution in [2.75, 3.05) is 5.73 Å².